The number of ether oxygens (including phenoxy) is 1. The largest absolute Gasteiger partial charge is 0.489 e. The van der Waals surface area contributed by atoms with E-state index in [4.69, 9.17) is 9.15 Å². The molecule has 6 nitrogen and oxygen atoms in total. The number of oxazole rings is 1. The fourth-order valence-electron chi connectivity index (χ4n) is 2.13. The quantitative estimate of drug-likeness (QED) is 0.381. The molecule has 0 amide bonds. The van der Waals surface area contributed by atoms with Crippen molar-refractivity contribution in [1.29, 1.82) is 0 Å². The predicted octanol–water partition coefficient (Wildman–Crippen LogP) is 3.72. The molecule has 26 heavy (non-hydrogen) atoms. The maximum atomic E-state index is 5.84. The number of para-hydroxylation sites is 1. The van der Waals surface area contributed by atoms with Crippen LogP contribution in [0.4, 0.5) is 0 Å². The smallest absolute Gasteiger partial charge is 0.213 e. The third-order valence-electron chi connectivity index (χ3n) is 3.56. The van der Waals surface area contributed by atoms with E-state index in [1.165, 1.54) is 0 Å². The van der Waals surface area contributed by atoms with Crippen molar-refractivity contribution < 1.29 is 9.15 Å². The summed E-state index contributed by atoms with van der Waals surface area (Å²) in [6.45, 7) is 9.41. The number of nitrogens with one attached hydrogen (secondary N) is 2. The Hall–Kier alpha value is -1.77. The highest BCUT2D eigenvalue weighted by Crippen LogP contribution is 2.22. The van der Waals surface area contributed by atoms with Gasteiger partial charge in [0.25, 0.3) is 0 Å². The molecular weight excluding hydrogens is 443 g/mol. The van der Waals surface area contributed by atoms with Crippen LogP contribution in [0.2, 0.25) is 0 Å². The van der Waals surface area contributed by atoms with Gasteiger partial charge in [0.1, 0.15) is 17.6 Å². The highest BCUT2D eigenvalue weighted by Gasteiger charge is 2.19. The van der Waals surface area contributed by atoms with E-state index in [1.54, 1.807) is 13.2 Å². The summed E-state index contributed by atoms with van der Waals surface area (Å²) >= 11 is 0. The van der Waals surface area contributed by atoms with Crippen molar-refractivity contribution in [2.75, 3.05) is 13.6 Å². The van der Waals surface area contributed by atoms with Crippen LogP contribution in [-0.4, -0.2) is 30.6 Å². The molecular formula is C19H29IN4O2. The lowest BCUT2D eigenvalue weighted by Crippen LogP contribution is -2.41. The molecule has 1 unspecified atom stereocenters. The van der Waals surface area contributed by atoms with E-state index in [2.05, 4.69) is 41.4 Å². The topological polar surface area (TPSA) is 71.7 Å². The molecule has 0 spiro atoms. The molecule has 0 aliphatic rings. The van der Waals surface area contributed by atoms with E-state index < -0.39 is 0 Å². The number of rotatable bonds is 6. The van der Waals surface area contributed by atoms with Crippen LogP contribution < -0.4 is 15.4 Å². The van der Waals surface area contributed by atoms with Crippen LogP contribution in [0.1, 0.15) is 39.3 Å². The Bertz CT molecular complexity index is 680. The van der Waals surface area contributed by atoms with Gasteiger partial charge in [-0.15, -0.1) is 24.0 Å². The minimum absolute atomic E-state index is 0. The van der Waals surface area contributed by atoms with Gasteiger partial charge in [0.2, 0.25) is 5.89 Å². The van der Waals surface area contributed by atoms with Gasteiger partial charge in [-0.2, -0.15) is 0 Å². The summed E-state index contributed by atoms with van der Waals surface area (Å²) < 4.78 is 11.6. The Morgan fingerprint density at radius 3 is 2.50 bits per heavy atom. The molecule has 0 aliphatic heterocycles. The normalized spacial score (nSPS) is 12.9. The van der Waals surface area contributed by atoms with Crippen LogP contribution in [0.25, 0.3) is 0 Å². The molecule has 0 radical (unpaired) electrons. The zero-order valence-corrected chi connectivity index (χ0v) is 18.4. The fourth-order valence-corrected chi connectivity index (χ4v) is 2.13. The van der Waals surface area contributed by atoms with Gasteiger partial charge in [0.05, 0.1) is 19.3 Å². The Morgan fingerprint density at radius 2 is 1.92 bits per heavy atom. The SMILES string of the molecule is CN=C(NCc1ncc(C(C)(C)C)o1)NCC(C)Oc1ccccc1.I. The maximum absolute atomic E-state index is 5.84. The highest BCUT2D eigenvalue weighted by molar-refractivity contribution is 14.0. The zero-order valence-electron chi connectivity index (χ0n) is 16.1. The van der Waals surface area contributed by atoms with E-state index in [0.717, 1.165) is 11.5 Å². The van der Waals surface area contributed by atoms with Crippen molar-refractivity contribution in [2.24, 2.45) is 4.99 Å². The molecule has 2 aromatic rings. The summed E-state index contributed by atoms with van der Waals surface area (Å²) in [5, 5.41) is 6.44. The monoisotopic (exact) mass is 472 g/mol. The van der Waals surface area contributed by atoms with Gasteiger partial charge in [-0.1, -0.05) is 39.0 Å². The summed E-state index contributed by atoms with van der Waals surface area (Å²) in [7, 11) is 1.73. The Kier molecular flexibility index (Phi) is 8.91. The molecule has 1 atom stereocenters. The number of hydrogen-bond acceptors (Lipinski definition) is 4. The minimum Gasteiger partial charge on any atom is -0.489 e. The molecule has 2 N–H and O–H groups in total. The molecule has 0 aliphatic carbocycles. The lowest BCUT2D eigenvalue weighted by atomic mass is 9.94. The first kappa shape index (κ1) is 22.3. The highest BCUT2D eigenvalue weighted by atomic mass is 127. The van der Waals surface area contributed by atoms with Crippen LogP contribution in [0.3, 0.4) is 0 Å². The van der Waals surface area contributed by atoms with Crippen LogP contribution in [0, 0.1) is 0 Å². The van der Waals surface area contributed by atoms with E-state index in [1.807, 2.05) is 37.3 Å². The van der Waals surface area contributed by atoms with Crippen molar-refractivity contribution >= 4 is 29.9 Å². The average Bonchev–Trinajstić information content (AvgIpc) is 3.05. The van der Waals surface area contributed by atoms with E-state index in [9.17, 15) is 0 Å². The van der Waals surface area contributed by atoms with Gasteiger partial charge in [-0.25, -0.2) is 4.98 Å². The van der Waals surface area contributed by atoms with Crippen molar-refractivity contribution in [1.82, 2.24) is 15.6 Å². The molecule has 7 heteroatoms. The Morgan fingerprint density at radius 1 is 1.23 bits per heavy atom. The lowest BCUT2D eigenvalue weighted by molar-refractivity contribution is 0.224. The van der Waals surface area contributed by atoms with Crippen LogP contribution >= 0.6 is 24.0 Å². The fraction of sp³-hybridized carbons (Fsp3) is 0.474. The molecule has 0 saturated carbocycles. The number of guanidine groups is 1. The van der Waals surface area contributed by atoms with Crippen LogP contribution in [-0.2, 0) is 12.0 Å². The van der Waals surface area contributed by atoms with E-state index in [-0.39, 0.29) is 35.5 Å². The predicted molar refractivity (Wildman–Crippen MR) is 115 cm³/mol. The summed E-state index contributed by atoms with van der Waals surface area (Å²) in [6.07, 6.45) is 1.79. The molecule has 0 fully saturated rings. The standard InChI is InChI=1S/C19H28N4O2.HI/c1-14(24-15-9-7-6-8-10-15)11-22-18(20-5)23-13-17-21-12-16(25-17)19(2,3)4;/h6-10,12,14H,11,13H2,1-5H3,(H2,20,22,23);1H. The Labute approximate surface area is 172 Å². The average molecular weight is 472 g/mol. The molecule has 1 heterocycles. The van der Waals surface area contributed by atoms with Crippen LogP contribution in [0.15, 0.2) is 45.9 Å². The number of aliphatic imine (C=N–C) groups is 1. The van der Waals surface area contributed by atoms with Gasteiger partial charge in [-0.3, -0.25) is 4.99 Å². The van der Waals surface area contributed by atoms with E-state index >= 15 is 0 Å². The van der Waals surface area contributed by atoms with Gasteiger partial charge >= 0.3 is 0 Å². The second-order valence-electron chi connectivity index (χ2n) is 6.92. The maximum Gasteiger partial charge on any atom is 0.213 e. The van der Waals surface area contributed by atoms with E-state index in [0.29, 0.717) is 24.9 Å². The summed E-state index contributed by atoms with van der Waals surface area (Å²) in [5.41, 5.74) is -0.0462. The van der Waals surface area contributed by atoms with Crippen molar-refractivity contribution in [3.63, 3.8) is 0 Å². The van der Waals surface area contributed by atoms with Crippen molar-refractivity contribution in [3.05, 3.63) is 48.2 Å². The first-order valence-electron chi connectivity index (χ1n) is 8.50. The third-order valence-corrected chi connectivity index (χ3v) is 3.56. The second kappa shape index (κ2) is 10.4. The van der Waals surface area contributed by atoms with Gasteiger partial charge in [-0.05, 0) is 19.1 Å². The molecule has 144 valence electrons. The van der Waals surface area contributed by atoms with Gasteiger partial charge in [0, 0.05) is 12.5 Å². The Balaban J connectivity index is 0.00000338. The molecule has 1 aromatic heterocycles. The van der Waals surface area contributed by atoms with Gasteiger partial charge < -0.3 is 19.8 Å². The summed E-state index contributed by atoms with van der Waals surface area (Å²) in [4.78, 5) is 8.51. The third kappa shape index (κ3) is 7.23. The summed E-state index contributed by atoms with van der Waals surface area (Å²) in [6, 6.07) is 9.77. The molecule has 2 rings (SSSR count). The number of aromatic nitrogens is 1. The number of nitrogens with zero attached hydrogens (tertiary/aromatic N) is 2. The number of hydrogen-bond donors (Lipinski definition) is 2. The zero-order chi connectivity index (χ0) is 18.3. The minimum atomic E-state index is -0.0462. The van der Waals surface area contributed by atoms with Crippen LogP contribution in [0.5, 0.6) is 5.75 Å². The number of benzene rings is 1. The van der Waals surface area contributed by atoms with Crippen molar-refractivity contribution in [2.45, 2.75) is 45.8 Å². The first-order chi connectivity index (χ1) is 11.9. The second-order valence-corrected chi connectivity index (χ2v) is 6.92. The first-order valence-corrected chi connectivity index (χ1v) is 8.50. The molecule has 1 aromatic carbocycles. The lowest BCUT2D eigenvalue weighted by Gasteiger charge is -2.17. The van der Waals surface area contributed by atoms with Crippen molar-refractivity contribution in [3.8, 4) is 5.75 Å². The molecule has 0 bridgehead atoms. The molecule has 0 saturated heterocycles. The number of halogens is 1. The summed E-state index contributed by atoms with van der Waals surface area (Å²) in [5.74, 6) is 3.05. The van der Waals surface area contributed by atoms with Gasteiger partial charge in [0.15, 0.2) is 5.96 Å².